The summed E-state index contributed by atoms with van der Waals surface area (Å²) in [5.74, 6) is -0.0813. The van der Waals surface area contributed by atoms with Gasteiger partial charge in [0.2, 0.25) is 0 Å². The summed E-state index contributed by atoms with van der Waals surface area (Å²) in [4.78, 5) is 16.1. The SMILES string of the molecule is O=C(NCCc1c[nH]c2ccccc12)c1cc(Br)c(Br)n1Cc1ccccc1. The topological polar surface area (TPSA) is 49.8 Å². The molecule has 4 aromatic rings. The molecule has 2 N–H and O–H groups in total. The minimum Gasteiger partial charge on any atom is -0.361 e. The normalized spacial score (nSPS) is 11.1. The predicted molar refractivity (Wildman–Crippen MR) is 120 cm³/mol. The molecule has 2 aromatic carbocycles. The fourth-order valence-corrected chi connectivity index (χ4v) is 4.20. The van der Waals surface area contributed by atoms with Crippen molar-refractivity contribution in [1.82, 2.24) is 14.9 Å². The van der Waals surface area contributed by atoms with Crippen LogP contribution in [0.2, 0.25) is 0 Å². The van der Waals surface area contributed by atoms with E-state index < -0.39 is 0 Å². The van der Waals surface area contributed by atoms with Crippen molar-refractivity contribution in [3.8, 4) is 0 Å². The lowest BCUT2D eigenvalue weighted by Gasteiger charge is -2.11. The molecule has 0 unspecified atom stereocenters. The molecule has 1 amide bonds. The quantitative estimate of drug-likeness (QED) is 0.360. The first-order valence-corrected chi connectivity index (χ1v) is 10.6. The molecule has 4 rings (SSSR count). The van der Waals surface area contributed by atoms with Crippen LogP contribution in [0.3, 0.4) is 0 Å². The number of nitrogens with zero attached hydrogens (tertiary/aromatic N) is 1. The van der Waals surface area contributed by atoms with E-state index in [1.807, 2.05) is 47.2 Å². The van der Waals surface area contributed by atoms with Crippen molar-refractivity contribution in [3.63, 3.8) is 0 Å². The molecule has 4 nitrogen and oxygen atoms in total. The van der Waals surface area contributed by atoms with Crippen molar-refractivity contribution in [2.24, 2.45) is 0 Å². The summed E-state index contributed by atoms with van der Waals surface area (Å²) in [5.41, 5.74) is 4.09. The highest BCUT2D eigenvalue weighted by Crippen LogP contribution is 2.28. The lowest BCUT2D eigenvalue weighted by atomic mass is 10.1. The zero-order valence-electron chi connectivity index (χ0n) is 15.1. The van der Waals surface area contributed by atoms with Gasteiger partial charge in [-0.05, 0) is 61.5 Å². The summed E-state index contributed by atoms with van der Waals surface area (Å²) in [5, 5.41) is 4.26. The number of carbonyl (C=O) groups is 1. The molecular weight excluding hydrogens is 482 g/mol. The molecule has 0 atom stereocenters. The van der Waals surface area contributed by atoms with Crippen LogP contribution in [0.5, 0.6) is 0 Å². The monoisotopic (exact) mass is 499 g/mol. The van der Waals surface area contributed by atoms with Crippen molar-refractivity contribution in [2.75, 3.05) is 6.54 Å². The van der Waals surface area contributed by atoms with Crippen molar-refractivity contribution < 1.29 is 4.79 Å². The zero-order valence-corrected chi connectivity index (χ0v) is 18.3. The minimum atomic E-state index is -0.0813. The van der Waals surface area contributed by atoms with E-state index in [2.05, 4.69) is 66.4 Å². The summed E-state index contributed by atoms with van der Waals surface area (Å²) < 4.78 is 3.70. The molecule has 0 saturated carbocycles. The second-order valence-electron chi connectivity index (χ2n) is 6.61. The van der Waals surface area contributed by atoms with Crippen molar-refractivity contribution in [3.05, 3.63) is 92.8 Å². The minimum absolute atomic E-state index is 0.0813. The number of aromatic amines is 1. The molecule has 0 spiro atoms. The van der Waals surface area contributed by atoms with E-state index in [1.165, 1.54) is 10.9 Å². The maximum Gasteiger partial charge on any atom is 0.267 e. The number of hydrogen-bond acceptors (Lipinski definition) is 1. The van der Waals surface area contributed by atoms with E-state index in [4.69, 9.17) is 0 Å². The Labute approximate surface area is 180 Å². The number of fused-ring (bicyclic) bond motifs is 1. The molecule has 0 aliphatic rings. The van der Waals surface area contributed by atoms with Gasteiger partial charge in [0.25, 0.3) is 5.91 Å². The Hall–Kier alpha value is -2.31. The smallest absolute Gasteiger partial charge is 0.267 e. The van der Waals surface area contributed by atoms with E-state index >= 15 is 0 Å². The van der Waals surface area contributed by atoms with Gasteiger partial charge in [-0.3, -0.25) is 4.79 Å². The average Bonchev–Trinajstić information content (AvgIpc) is 3.25. The van der Waals surface area contributed by atoms with E-state index in [0.29, 0.717) is 18.8 Å². The molecule has 6 heteroatoms. The van der Waals surface area contributed by atoms with Gasteiger partial charge in [-0.15, -0.1) is 0 Å². The van der Waals surface area contributed by atoms with Crippen LogP contribution in [0.4, 0.5) is 0 Å². The van der Waals surface area contributed by atoms with Gasteiger partial charge >= 0.3 is 0 Å². The Morgan fingerprint density at radius 3 is 2.61 bits per heavy atom. The molecule has 2 heterocycles. The largest absolute Gasteiger partial charge is 0.361 e. The number of hydrogen-bond donors (Lipinski definition) is 2. The van der Waals surface area contributed by atoms with Crippen molar-refractivity contribution in [1.29, 1.82) is 0 Å². The van der Waals surface area contributed by atoms with E-state index in [-0.39, 0.29) is 5.91 Å². The summed E-state index contributed by atoms with van der Waals surface area (Å²) in [7, 11) is 0. The van der Waals surface area contributed by atoms with Gasteiger partial charge in [-0.1, -0.05) is 48.5 Å². The van der Waals surface area contributed by atoms with E-state index in [9.17, 15) is 4.79 Å². The maximum atomic E-state index is 12.8. The van der Waals surface area contributed by atoms with Crippen molar-refractivity contribution >= 4 is 48.7 Å². The lowest BCUT2D eigenvalue weighted by molar-refractivity contribution is 0.0945. The molecular formula is C22H19Br2N3O. The molecule has 0 fully saturated rings. The number of amides is 1. The number of rotatable bonds is 6. The molecule has 0 bridgehead atoms. The highest BCUT2D eigenvalue weighted by Gasteiger charge is 2.17. The summed E-state index contributed by atoms with van der Waals surface area (Å²) >= 11 is 7.11. The van der Waals surface area contributed by atoms with Gasteiger partial charge in [-0.2, -0.15) is 0 Å². The van der Waals surface area contributed by atoms with E-state index in [0.717, 1.165) is 26.6 Å². The highest BCUT2D eigenvalue weighted by molar-refractivity contribution is 9.13. The molecule has 0 saturated heterocycles. The molecule has 142 valence electrons. The van der Waals surface area contributed by atoms with Crippen LogP contribution in [0.1, 0.15) is 21.6 Å². The standard InChI is InChI=1S/C22H19Br2N3O/c23-18-12-20(27(21(18)24)14-15-6-2-1-3-7-15)22(28)25-11-10-16-13-26-19-9-5-4-8-17(16)19/h1-9,12-13,26H,10-11,14H2,(H,25,28). The predicted octanol–water partition coefficient (Wildman–Crippen LogP) is 5.52. The van der Waals surface area contributed by atoms with Gasteiger partial charge in [-0.25, -0.2) is 0 Å². The maximum absolute atomic E-state index is 12.8. The Kier molecular flexibility index (Phi) is 5.69. The van der Waals surface area contributed by atoms with Crippen LogP contribution in [-0.2, 0) is 13.0 Å². The van der Waals surface area contributed by atoms with Gasteiger partial charge < -0.3 is 14.9 Å². The first-order valence-electron chi connectivity index (χ1n) is 9.05. The van der Waals surface area contributed by atoms with Crippen LogP contribution in [0.15, 0.2) is 75.9 Å². The number of halogens is 2. The van der Waals surface area contributed by atoms with Gasteiger partial charge in [0.1, 0.15) is 5.69 Å². The van der Waals surface area contributed by atoms with Crippen LogP contribution < -0.4 is 5.32 Å². The summed E-state index contributed by atoms with van der Waals surface area (Å²) in [6.07, 6.45) is 2.79. The van der Waals surface area contributed by atoms with Gasteiger partial charge in [0, 0.05) is 30.2 Å². The van der Waals surface area contributed by atoms with Crippen LogP contribution in [0, 0.1) is 0 Å². The molecule has 28 heavy (non-hydrogen) atoms. The molecule has 2 aromatic heterocycles. The first-order chi connectivity index (χ1) is 13.6. The lowest BCUT2D eigenvalue weighted by Crippen LogP contribution is -2.28. The Bertz CT molecular complexity index is 1120. The average molecular weight is 501 g/mol. The zero-order chi connectivity index (χ0) is 19.5. The van der Waals surface area contributed by atoms with E-state index in [1.54, 1.807) is 0 Å². The number of carbonyl (C=O) groups excluding carboxylic acids is 1. The summed E-state index contributed by atoms with van der Waals surface area (Å²) in [6, 6.07) is 20.2. The molecule has 0 aliphatic heterocycles. The Morgan fingerprint density at radius 1 is 1.04 bits per heavy atom. The summed E-state index contributed by atoms with van der Waals surface area (Å²) in [6.45, 7) is 1.20. The number of benzene rings is 2. The van der Waals surface area contributed by atoms with Crippen LogP contribution in [-0.4, -0.2) is 22.0 Å². The molecule has 0 aliphatic carbocycles. The van der Waals surface area contributed by atoms with Gasteiger partial charge in [0.05, 0.1) is 9.08 Å². The van der Waals surface area contributed by atoms with Crippen LogP contribution >= 0.6 is 31.9 Å². The fraction of sp³-hybridized carbons (Fsp3) is 0.136. The second kappa shape index (κ2) is 8.37. The van der Waals surface area contributed by atoms with Gasteiger partial charge in [0.15, 0.2) is 0 Å². The highest BCUT2D eigenvalue weighted by atomic mass is 79.9. The fourth-order valence-electron chi connectivity index (χ4n) is 3.34. The third-order valence-electron chi connectivity index (χ3n) is 4.76. The number of nitrogens with one attached hydrogen (secondary N) is 2. The second-order valence-corrected chi connectivity index (χ2v) is 8.21. The Morgan fingerprint density at radius 2 is 1.79 bits per heavy atom. The Balaban J connectivity index is 1.47. The van der Waals surface area contributed by atoms with Crippen LogP contribution in [0.25, 0.3) is 10.9 Å². The van der Waals surface area contributed by atoms with Crippen molar-refractivity contribution in [2.45, 2.75) is 13.0 Å². The molecule has 0 radical (unpaired) electrons. The third-order valence-corrected chi connectivity index (χ3v) is 6.75. The number of para-hydroxylation sites is 1. The third kappa shape index (κ3) is 3.93. The number of H-pyrrole nitrogens is 1. The first kappa shape index (κ1) is 19.0. The number of aromatic nitrogens is 2.